The quantitative estimate of drug-likeness (QED) is 0.634. The Hall–Kier alpha value is -1.36. The molecule has 0 unspecified atom stereocenters. The third kappa shape index (κ3) is 2.90. The minimum atomic E-state index is 0.754. The predicted molar refractivity (Wildman–Crippen MR) is 74.5 cm³/mol. The molecule has 1 aliphatic heterocycles. The summed E-state index contributed by atoms with van der Waals surface area (Å²) in [7, 11) is 0. The van der Waals surface area contributed by atoms with Crippen molar-refractivity contribution in [3.63, 3.8) is 0 Å². The van der Waals surface area contributed by atoms with E-state index in [-0.39, 0.29) is 0 Å². The van der Waals surface area contributed by atoms with Crippen LogP contribution < -0.4 is 16.2 Å². The van der Waals surface area contributed by atoms with E-state index in [0.717, 1.165) is 36.7 Å². The van der Waals surface area contributed by atoms with E-state index < -0.39 is 0 Å². The smallest absolute Gasteiger partial charge is 0.148 e. The molecular formula is C13H23N5. The summed E-state index contributed by atoms with van der Waals surface area (Å²) in [6.07, 6.45) is 9.01. The average Bonchev–Trinajstić information content (AvgIpc) is 2.37. The lowest BCUT2D eigenvalue weighted by molar-refractivity contribution is 0.552. The first-order valence-corrected chi connectivity index (χ1v) is 6.92. The molecule has 2 heterocycles. The fraction of sp³-hybridized carbons (Fsp3) is 0.692. The first-order chi connectivity index (χ1) is 8.86. The Bertz CT molecular complexity index is 372. The van der Waals surface area contributed by atoms with Crippen LogP contribution in [0.5, 0.6) is 0 Å². The highest BCUT2D eigenvalue weighted by Crippen LogP contribution is 2.25. The number of nitrogens with two attached hydrogens (primary N) is 1. The van der Waals surface area contributed by atoms with Crippen LogP contribution in [0.4, 0.5) is 11.6 Å². The van der Waals surface area contributed by atoms with Gasteiger partial charge in [0, 0.05) is 18.7 Å². The zero-order valence-electron chi connectivity index (χ0n) is 11.2. The van der Waals surface area contributed by atoms with E-state index in [1.54, 1.807) is 6.33 Å². The van der Waals surface area contributed by atoms with Gasteiger partial charge in [-0.2, -0.15) is 0 Å². The molecular weight excluding hydrogens is 226 g/mol. The molecule has 2 rings (SSSR count). The third-order valence-corrected chi connectivity index (χ3v) is 3.57. The largest absolute Gasteiger partial charge is 0.356 e. The molecule has 1 aromatic rings. The highest BCUT2D eigenvalue weighted by atomic mass is 15.3. The standard InChI is InChI=1S/C13H23N5/c1-2-11-12(17-14)15-10-16-13(11)18-8-6-4-3-5-7-9-18/h10H,2-9,14H2,1H3,(H,15,16,17). The van der Waals surface area contributed by atoms with E-state index in [4.69, 9.17) is 5.84 Å². The molecule has 100 valence electrons. The van der Waals surface area contributed by atoms with Gasteiger partial charge >= 0.3 is 0 Å². The van der Waals surface area contributed by atoms with Gasteiger partial charge in [0.25, 0.3) is 0 Å². The van der Waals surface area contributed by atoms with Crippen molar-refractivity contribution in [3.8, 4) is 0 Å². The summed E-state index contributed by atoms with van der Waals surface area (Å²) in [4.78, 5) is 11.1. The fourth-order valence-corrected chi connectivity index (χ4v) is 2.58. The number of anilines is 2. The van der Waals surface area contributed by atoms with E-state index in [2.05, 4.69) is 27.2 Å². The van der Waals surface area contributed by atoms with Crippen molar-refractivity contribution < 1.29 is 0 Å². The SMILES string of the molecule is CCc1c(NN)ncnc1N1CCCCCCC1. The van der Waals surface area contributed by atoms with Crippen LogP contribution in [0.15, 0.2) is 6.33 Å². The van der Waals surface area contributed by atoms with Crippen molar-refractivity contribution in [1.29, 1.82) is 0 Å². The predicted octanol–water partition coefficient (Wildman–Crippen LogP) is 2.10. The highest BCUT2D eigenvalue weighted by molar-refractivity contribution is 5.58. The summed E-state index contributed by atoms with van der Waals surface area (Å²) in [6.45, 7) is 4.30. The molecule has 1 aliphatic rings. The highest BCUT2D eigenvalue weighted by Gasteiger charge is 2.16. The van der Waals surface area contributed by atoms with Crippen LogP contribution in [0, 0.1) is 0 Å². The van der Waals surface area contributed by atoms with E-state index >= 15 is 0 Å². The van der Waals surface area contributed by atoms with Gasteiger partial charge in [-0.3, -0.25) is 0 Å². The zero-order chi connectivity index (χ0) is 12.8. The third-order valence-electron chi connectivity index (χ3n) is 3.57. The minimum Gasteiger partial charge on any atom is -0.356 e. The second-order valence-corrected chi connectivity index (χ2v) is 4.78. The van der Waals surface area contributed by atoms with Crippen LogP contribution in [0.2, 0.25) is 0 Å². The average molecular weight is 249 g/mol. The second kappa shape index (κ2) is 6.54. The summed E-state index contributed by atoms with van der Waals surface area (Å²) < 4.78 is 0. The van der Waals surface area contributed by atoms with Crippen molar-refractivity contribution >= 4 is 11.6 Å². The molecule has 0 radical (unpaired) electrons. The van der Waals surface area contributed by atoms with Gasteiger partial charge in [0.15, 0.2) is 0 Å². The molecule has 1 saturated heterocycles. The number of hydrazine groups is 1. The molecule has 0 atom stereocenters. The van der Waals surface area contributed by atoms with E-state index in [1.807, 2.05) is 0 Å². The van der Waals surface area contributed by atoms with Crippen LogP contribution in [0.25, 0.3) is 0 Å². The number of rotatable bonds is 3. The van der Waals surface area contributed by atoms with Crippen molar-refractivity contribution in [1.82, 2.24) is 9.97 Å². The molecule has 3 N–H and O–H groups in total. The molecule has 1 fully saturated rings. The number of nitrogens with zero attached hydrogens (tertiary/aromatic N) is 3. The molecule has 0 spiro atoms. The van der Waals surface area contributed by atoms with Crippen molar-refractivity contribution in [3.05, 3.63) is 11.9 Å². The molecule has 0 aliphatic carbocycles. The van der Waals surface area contributed by atoms with Gasteiger partial charge in [0.1, 0.15) is 18.0 Å². The van der Waals surface area contributed by atoms with E-state index in [1.165, 1.54) is 32.1 Å². The number of nitrogen functional groups attached to an aromatic ring is 1. The lowest BCUT2D eigenvalue weighted by Crippen LogP contribution is -2.29. The molecule has 0 amide bonds. The fourth-order valence-electron chi connectivity index (χ4n) is 2.58. The van der Waals surface area contributed by atoms with E-state index in [9.17, 15) is 0 Å². The molecule has 1 aromatic heterocycles. The van der Waals surface area contributed by atoms with Crippen molar-refractivity contribution in [2.24, 2.45) is 5.84 Å². The normalized spacial score (nSPS) is 17.1. The maximum Gasteiger partial charge on any atom is 0.148 e. The monoisotopic (exact) mass is 249 g/mol. The Morgan fingerprint density at radius 3 is 2.44 bits per heavy atom. The first-order valence-electron chi connectivity index (χ1n) is 6.92. The lowest BCUT2D eigenvalue weighted by atomic mass is 10.1. The Kier molecular flexibility index (Phi) is 4.75. The van der Waals surface area contributed by atoms with Crippen LogP contribution in [0.1, 0.15) is 44.6 Å². The van der Waals surface area contributed by atoms with Crippen LogP contribution >= 0.6 is 0 Å². The number of nitrogens with one attached hydrogen (secondary N) is 1. The molecule has 5 heteroatoms. The topological polar surface area (TPSA) is 67.1 Å². The van der Waals surface area contributed by atoms with Gasteiger partial charge in [-0.15, -0.1) is 0 Å². The summed E-state index contributed by atoms with van der Waals surface area (Å²) in [5, 5.41) is 0. The summed E-state index contributed by atoms with van der Waals surface area (Å²) in [5.74, 6) is 7.33. The van der Waals surface area contributed by atoms with Gasteiger partial charge in [-0.25, -0.2) is 15.8 Å². The van der Waals surface area contributed by atoms with Crippen molar-refractivity contribution in [2.75, 3.05) is 23.4 Å². The van der Waals surface area contributed by atoms with Gasteiger partial charge in [-0.05, 0) is 19.3 Å². The molecule has 0 saturated carbocycles. The summed E-state index contributed by atoms with van der Waals surface area (Å²) in [6, 6.07) is 0. The first kappa shape index (κ1) is 13.1. The van der Waals surface area contributed by atoms with Crippen LogP contribution in [-0.4, -0.2) is 23.1 Å². The minimum absolute atomic E-state index is 0.754. The number of aromatic nitrogens is 2. The molecule has 5 nitrogen and oxygen atoms in total. The van der Waals surface area contributed by atoms with Gasteiger partial charge in [0.2, 0.25) is 0 Å². The van der Waals surface area contributed by atoms with Crippen LogP contribution in [-0.2, 0) is 6.42 Å². The van der Waals surface area contributed by atoms with E-state index in [0.29, 0.717) is 0 Å². The number of hydrogen-bond donors (Lipinski definition) is 2. The zero-order valence-corrected chi connectivity index (χ0v) is 11.2. The van der Waals surface area contributed by atoms with Gasteiger partial charge < -0.3 is 10.3 Å². The van der Waals surface area contributed by atoms with Gasteiger partial charge in [-0.1, -0.05) is 26.2 Å². The van der Waals surface area contributed by atoms with Gasteiger partial charge in [0.05, 0.1) is 0 Å². The summed E-state index contributed by atoms with van der Waals surface area (Å²) in [5.41, 5.74) is 3.80. The Morgan fingerprint density at radius 2 is 1.83 bits per heavy atom. The molecule has 0 bridgehead atoms. The molecule has 18 heavy (non-hydrogen) atoms. The Morgan fingerprint density at radius 1 is 1.17 bits per heavy atom. The Labute approximate surface area is 109 Å². The Balaban J connectivity index is 2.24. The van der Waals surface area contributed by atoms with Crippen molar-refractivity contribution in [2.45, 2.75) is 45.4 Å². The second-order valence-electron chi connectivity index (χ2n) is 4.78. The summed E-state index contributed by atoms with van der Waals surface area (Å²) >= 11 is 0. The maximum atomic E-state index is 5.52. The van der Waals surface area contributed by atoms with Crippen LogP contribution in [0.3, 0.4) is 0 Å². The lowest BCUT2D eigenvalue weighted by Gasteiger charge is -2.28. The number of hydrogen-bond acceptors (Lipinski definition) is 5. The maximum absolute atomic E-state index is 5.52. The molecule has 0 aromatic carbocycles.